The molecule has 0 spiro atoms. The van der Waals surface area contributed by atoms with Crippen LogP contribution >= 0.6 is 24.0 Å². The number of hydrogen-bond donors (Lipinski definition) is 4. The number of esters is 2. The molecule has 0 saturated carbocycles. The van der Waals surface area contributed by atoms with E-state index in [2.05, 4.69) is 61.7 Å². The fourth-order valence-electron chi connectivity index (χ4n) is 3.45. The van der Waals surface area contributed by atoms with Gasteiger partial charge < -0.3 is 25.4 Å². The number of anilines is 6. The van der Waals surface area contributed by atoms with Gasteiger partial charge in [0.1, 0.15) is 15.8 Å². The van der Waals surface area contributed by atoms with Gasteiger partial charge in [0.15, 0.2) is 0 Å². The average molecular weight is 584 g/mol. The van der Waals surface area contributed by atoms with Gasteiger partial charge in [0, 0.05) is 29.2 Å². The molecule has 2 heterocycles. The van der Waals surface area contributed by atoms with E-state index in [0.29, 0.717) is 27.2 Å². The maximum atomic E-state index is 11.5. The zero-order chi connectivity index (χ0) is 28.8. The molecule has 13 heteroatoms. The molecule has 0 unspecified atom stereocenters. The van der Waals surface area contributed by atoms with Crippen LogP contribution in [0.15, 0.2) is 96.4 Å². The van der Waals surface area contributed by atoms with Crippen molar-refractivity contribution in [1.82, 2.24) is 19.9 Å². The van der Waals surface area contributed by atoms with E-state index in [1.54, 1.807) is 48.5 Å². The van der Waals surface area contributed by atoms with Crippen molar-refractivity contribution in [3.05, 3.63) is 92.0 Å². The molecule has 0 aliphatic carbocycles. The lowest BCUT2D eigenvalue weighted by Crippen LogP contribution is -2.07. The molecule has 0 aliphatic heterocycles. The molecular formula is C28H21N7O4S2. The van der Waals surface area contributed by atoms with Crippen molar-refractivity contribution in [2.45, 2.75) is 4.34 Å². The minimum Gasteiger partial charge on any atom is -0.423 e. The van der Waals surface area contributed by atoms with Crippen molar-refractivity contribution in [1.29, 1.82) is 0 Å². The molecule has 5 aromatic rings. The van der Waals surface area contributed by atoms with E-state index in [9.17, 15) is 9.59 Å². The number of carbonyl (C=O) groups is 2. The van der Waals surface area contributed by atoms with E-state index < -0.39 is 11.9 Å². The van der Waals surface area contributed by atoms with Crippen LogP contribution in [0, 0.1) is 0 Å². The van der Waals surface area contributed by atoms with E-state index in [1.807, 2.05) is 18.2 Å². The summed E-state index contributed by atoms with van der Waals surface area (Å²) in [6.07, 6.45) is 2.18. The maximum Gasteiger partial charge on any atom is 0.335 e. The van der Waals surface area contributed by atoms with Crippen LogP contribution in [-0.4, -0.2) is 31.9 Å². The monoisotopic (exact) mass is 583 g/mol. The number of aromatic nitrogens is 4. The number of benzene rings is 3. The van der Waals surface area contributed by atoms with Crippen molar-refractivity contribution in [2.24, 2.45) is 0 Å². The molecule has 3 N–H and O–H groups in total. The first-order valence-corrected chi connectivity index (χ1v) is 13.2. The number of nitrogens with zero attached hydrogens (tertiary/aromatic N) is 4. The van der Waals surface area contributed by atoms with Gasteiger partial charge in [0.2, 0.25) is 17.8 Å². The Labute approximate surface area is 243 Å². The van der Waals surface area contributed by atoms with Crippen LogP contribution in [0.1, 0.15) is 0 Å². The van der Waals surface area contributed by atoms with Crippen LogP contribution in [-0.2, 0) is 9.59 Å². The van der Waals surface area contributed by atoms with E-state index in [4.69, 9.17) is 9.47 Å². The molecule has 2 aromatic heterocycles. The zero-order valence-electron chi connectivity index (χ0n) is 21.2. The van der Waals surface area contributed by atoms with Gasteiger partial charge in [-0.05, 0) is 66.7 Å². The minimum absolute atomic E-state index is 0.244. The van der Waals surface area contributed by atoms with Gasteiger partial charge in [-0.2, -0.15) is 15.0 Å². The summed E-state index contributed by atoms with van der Waals surface area (Å²) in [5, 5.41) is 9.48. The SMILES string of the molecule is C=CC(=O)Oc1ccc(Nc2nc(Nc3ccc(OC(=O)C=C)cc3)nc(Nc3ccc4nc(S)sc4c3)n2)cc1. The summed E-state index contributed by atoms with van der Waals surface area (Å²) >= 11 is 5.79. The Hall–Kier alpha value is -5.27. The van der Waals surface area contributed by atoms with Gasteiger partial charge in [0.25, 0.3) is 0 Å². The summed E-state index contributed by atoms with van der Waals surface area (Å²) in [5.41, 5.74) is 2.88. The Bertz CT molecular complexity index is 1670. The number of fused-ring (bicyclic) bond motifs is 1. The van der Waals surface area contributed by atoms with E-state index >= 15 is 0 Å². The quantitative estimate of drug-likeness (QED) is 0.0648. The molecule has 5 rings (SSSR count). The molecule has 0 atom stereocenters. The Morgan fingerprint density at radius 2 is 1.12 bits per heavy atom. The summed E-state index contributed by atoms with van der Waals surface area (Å²) in [4.78, 5) is 40.8. The predicted molar refractivity (Wildman–Crippen MR) is 161 cm³/mol. The summed E-state index contributed by atoms with van der Waals surface area (Å²) in [6, 6.07) is 19.1. The number of thiol groups is 1. The Balaban J connectivity index is 1.40. The van der Waals surface area contributed by atoms with E-state index in [-0.39, 0.29) is 17.8 Å². The highest BCUT2D eigenvalue weighted by atomic mass is 32.2. The molecule has 0 bridgehead atoms. The molecule has 11 nitrogen and oxygen atoms in total. The molecule has 0 saturated heterocycles. The highest BCUT2D eigenvalue weighted by molar-refractivity contribution is 7.82. The van der Waals surface area contributed by atoms with Crippen LogP contribution in [0.3, 0.4) is 0 Å². The summed E-state index contributed by atoms with van der Waals surface area (Å²) in [6.45, 7) is 6.78. The van der Waals surface area contributed by atoms with Crippen LogP contribution in [0.5, 0.6) is 11.5 Å². The van der Waals surface area contributed by atoms with Gasteiger partial charge in [-0.15, -0.1) is 24.0 Å². The van der Waals surface area contributed by atoms with Crippen LogP contribution < -0.4 is 25.4 Å². The third kappa shape index (κ3) is 7.23. The standard InChI is InChI=1S/C28H21N7O4S2/c1-3-23(36)38-19-10-5-16(6-11-19)29-25-33-26(30-17-7-12-20(13-8-17)39-24(37)4-2)35-27(34-25)31-18-9-14-21-22(15-18)41-28(40)32-21/h3-15H,1-2H2,(H,32,40)(H3,29,30,31,33,34,35). The fraction of sp³-hybridized carbons (Fsp3) is 0. The first-order chi connectivity index (χ1) is 19.9. The van der Waals surface area contributed by atoms with E-state index in [0.717, 1.165) is 28.1 Å². The maximum absolute atomic E-state index is 11.5. The number of rotatable bonds is 10. The second-order valence-electron chi connectivity index (χ2n) is 8.16. The molecule has 0 amide bonds. The van der Waals surface area contributed by atoms with Crippen molar-refractivity contribution >= 4 is 81.0 Å². The summed E-state index contributed by atoms with van der Waals surface area (Å²) < 4.78 is 11.9. The Morgan fingerprint density at radius 3 is 1.59 bits per heavy atom. The molecule has 204 valence electrons. The molecular weight excluding hydrogens is 562 g/mol. The minimum atomic E-state index is -0.552. The summed E-state index contributed by atoms with van der Waals surface area (Å²) in [7, 11) is 0. The van der Waals surface area contributed by atoms with Gasteiger partial charge in [-0.3, -0.25) is 0 Å². The molecule has 3 aromatic carbocycles. The topological polar surface area (TPSA) is 140 Å². The third-order valence-corrected chi connectivity index (χ3v) is 6.45. The normalized spacial score (nSPS) is 10.5. The first kappa shape index (κ1) is 27.3. The highest BCUT2D eigenvalue weighted by Gasteiger charge is 2.11. The third-order valence-electron chi connectivity index (χ3n) is 5.26. The van der Waals surface area contributed by atoms with Crippen molar-refractivity contribution in [3.63, 3.8) is 0 Å². The first-order valence-electron chi connectivity index (χ1n) is 11.9. The number of ether oxygens (including phenoxy) is 2. The predicted octanol–water partition coefficient (Wildman–Crippen LogP) is 6.18. The second-order valence-corrected chi connectivity index (χ2v) is 9.92. The second kappa shape index (κ2) is 12.3. The molecule has 0 fully saturated rings. The number of hydrogen-bond acceptors (Lipinski definition) is 13. The summed E-state index contributed by atoms with van der Waals surface area (Å²) in [5.74, 6) is 0.389. The van der Waals surface area contributed by atoms with Crippen molar-refractivity contribution in [2.75, 3.05) is 16.0 Å². The fourth-order valence-corrected chi connectivity index (χ4v) is 4.60. The lowest BCUT2D eigenvalue weighted by atomic mass is 10.3. The largest absolute Gasteiger partial charge is 0.423 e. The number of thiazole rings is 1. The Kier molecular flexibility index (Phi) is 8.18. The zero-order valence-corrected chi connectivity index (χ0v) is 22.9. The Morgan fingerprint density at radius 1 is 0.683 bits per heavy atom. The smallest absolute Gasteiger partial charge is 0.335 e. The average Bonchev–Trinajstić information content (AvgIpc) is 3.34. The van der Waals surface area contributed by atoms with Crippen molar-refractivity contribution in [3.8, 4) is 11.5 Å². The molecule has 0 radical (unpaired) electrons. The van der Waals surface area contributed by atoms with Gasteiger partial charge in [-0.25, -0.2) is 14.6 Å². The molecule has 0 aliphatic rings. The highest BCUT2D eigenvalue weighted by Crippen LogP contribution is 2.29. The lowest BCUT2D eigenvalue weighted by Gasteiger charge is -2.12. The van der Waals surface area contributed by atoms with Crippen LogP contribution in [0.4, 0.5) is 34.9 Å². The van der Waals surface area contributed by atoms with Gasteiger partial charge in [-0.1, -0.05) is 13.2 Å². The molecule has 41 heavy (non-hydrogen) atoms. The number of carbonyl (C=O) groups excluding carboxylic acids is 2. The van der Waals surface area contributed by atoms with Crippen LogP contribution in [0.25, 0.3) is 10.2 Å². The van der Waals surface area contributed by atoms with Crippen molar-refractivity contribution < 1.29 is 19.1 Å². The number of nitrogens with one attached hydrogen (secondary N) is 3. The van der Waals surface area contributed by atoms with Gasteiger partial charge in [0.05, 0.1) is 10.2 Å². The van der Waals surface area contributed by atoms with Crippen LogP contribution in [0.2, 0.25) is 0 Å². The van der Waals surface area contributed by atoms with Gasteiger partial charge >= 0.3 is 11.9 Å². The van der Waals surface area contributed by atoms with E-state index in [1.165, 1.54) is 11.3 Å². The lowest BCUT2D eigenvalue weighted by molar-refractivity contribution is -0.129.